The first-order valence-corrected chi connectivity index (χ1v) is 12.1. The van der Waals surface area contributed by atoms with Crippen molar-refractivity contribution in [1.29, 1.82) is 0 Å². The lowest BCUT2D eigenvalue weighted by Crippen LogP contribution is -2.50. The highest BCUT2D eigenvalue weighted by Gasteiger charge is 2.27. The summed E-state index contributed by atoms with van der Waals surface area (Å²) < 4.78 is 26.0. The second-order valence-corrected chi connectivity index (χ2v) is 9.26. The molecule has 1 aliphatic heterocycles. The zero-order valence-electron chi connectivity index (χ0n) is 17.7. The van der Waals surface area contributed by atoms with Crippen LogP contribution in [0.2, 0.25) is 0 Å². The molecule has 168 valence electrons. The highest BCUT2D eigenvalue weighted by Crippen LogP contribution is 2.16. The minimum atomic E-state index is -3.15. The topological polar surface area (TPSA) is 123 Å². The fraction of sp³-hybridized carbons (Fsp3) is 0.600. The van der Waals surface area contributed by atoms with E-state index in [1.165, 1.54) is 6.07 Å². The summed E-state index contributed by atoms with van der Waals surface area (Å²) in [4.78, 5) is 16.6. The average Bonchev–Trinajstić information content (AvgIpc) is 2.72. The van der Waals surface area contributed by atoms with E-state index in [1.807, 2.05) is 13.8 Å². The Morgan fingerprint density at radius 3 is 2.53 bits per heavy atom. The number of phenols is 1. The van der Waals surface area contributed by atoms with Crippen LogP contribution in [-0.2, 0) is 10.0 Å². The summed E-state index contributed by atoms with van der Waals surface area (Å²) >= 11 is 0. The first-order chi connectivity index (χ1) is 14.4. The molecule has 30 heavy (non-hydrogen) atoms. The standard InChI is InChI=1S/C20H33N5O4S/c1-3-15-30(28,29)25-13-9-16(10-14-25)24-20(21-4-2)23-12-11-22-19(27)17-7-5-6-8-18(17)26/h5-8,16,26H,3-4,9-15H2,1-2H3,(H,22,27)(H2,21,23,24). The number of para-hydroxylation sites is 1. The van der Waals surface area contributed by atoms with Gasteiger partial charge in [-0.1, -0.05) is 19.1 Å². The number of carbonyl (C=O) groups is 1. The first-order valence-electron chi connectivity index (χ1n) is 10.5. The summed E-state index contributed by atoms with van der Waals surface area (Å²) in [7, 11) is -3.15. The predicted octanol–water partition coefficient (Wildman–Crippen LogP) is 0.881. The van der Waals surface area contributed by atoms with E-state index in [2.05, 4.69) is 20.9 Å². The van der Waals surface area contributed by atoms with Crippen LogP contribution in [0.5, 0.6) is 5.75 Å². The van der Waals surface area contributed by atoms with Gasteiger partial charge in [-0.15, -0.1) is 0 Å². The highest BCUT2D eigenvalue weighted by molar-refractivity contribution is 7.89. The SMILES string of the molecule is CCCS(=O)(=O)N1CCC(NC(=NCCNC(=O)c2ccccc2O)NCC)CC1. The Hall–Kier alpha value is -2.33. The van der Waals surface area contributed by atoms with Crippen LogP contribution in [-0.4, -0.2) is 74.2 Å². The summed E-state index contributed by atoms with van der Waals surface area (Å²) in [6.45, 7) is 6.26. The molecule has 1 aromatic rings. The zero-order valence-corrected chi connectivity index (χ0v) is 18.5. The van der Waals surface area contributed by atoms with Crippen LogP contribution in [0, 0.1) is 0 Å². The average molecular weight is 440 g/mol. The molecule has 0 saturated carbocycles. The second kappa shape index (κ2) is 11.8. The van der Waals surface area contributed by atoms with Crippen molar-refractivity contribution in [1.82, 2.24) is 20.3 Å². The molecule has 1 saturated heterocycles. The number of nitrogens with one attached hydrogen (secondary N) is 3. The smallest absolute Gasteiger partial charge is 0.255 e. The third kappa shape index (κ3) is 7.17. The molecule has 1 aliphatic rings. The Bertz CT molecular complexity index is 820. The van der Waals surface area contributed by atoms with Crippen molar-refractivity contribution in [3.05, 3.63) is 29.8 Å². The van der Waals surface area contributed by atoms with E-state index >= 15 is 0 Å². The normalized spacial score (nSPS) is 16.3. The van der Waals surface area contributed by atoms with E-state index in [1.54, 1.807) is 22.5 Å². The Balaban J connectivity index is 1.81. The number of aromatic hydroxyl groups is 1. The number of hydrogen-bond donors (Lipinski definition) is 4. The van der Waals surface area contributed by atoms with Crippen molar-refractivity contribution < 1.29 is 18.3 Å². The summed E-state index contributed by atoms with van der Waals surface area (Å²) in [6.07, 6.45) is 2.06. The van der Waals surface area contributed by atoms with E-state index in [4.69, 9.17) is 0 Å². The predicted molar refractivity (Wildman–Crippen MR) is 118 cm³/mol. The van der Waals surface area contributed by atoms with E-state index in [0.717, 1.165) is 12.8 Å². The van der Waals surface area contributed by atoms with Crippen molar-refractivity contribution in [3.8, 4) is 5.75 Å². The number of rotatable bonds is 9. The van der Waals surface area contributed by atoms with Gasteiger partial charge in [-0.3, -0.25) is 9.79 Å². The van der Waals surface area contributed by atoms with Crippen molar-refractivity contribution in [2.75, 3.05) is 38.5 Å². The van der Waals surface area contributed by atoms with Gasteiger partial charge in [-0.05, 0) is 38.3 Å². The van der Waals surface area contributed by atoms with Gasteiger partial charge >= 0.3 is 0 Å². The number of amides is 1. The summed E-state index contributed by atoms with van der Waals surface area (Å²) in [5.74, 6) is 0.439. The fourth-order valence-corrected chi connectivity index (χ4v) is 4.82. The molecule has 1 aromatic carbocycles. The monoisotopic (exact) mass is 439 g/mol. The van der Waals surface area contributed by atoms with Crippen LogP contribution in [0.4, 0.5) is 0 Å². The van der Waals surface area contributed by atoms with Gasteiger partial charge in [0.15, 0.2) is 5.96 Å². The molecule has 1 amide bonds. The van der Waals surface area contributed by atoms with Crippen LogP contribution in [0.1, 0.15) is 43.5 Å². The quantitative estimate of drug-likeness (QED) is 0.257. The lowest BCUT2D eigenvalue weighted by molar-refractivity contribution is 0.0952. The Labute approximate surface area is 179 Å². The number of nitrogens with zero attached hydrogens (tertiary/aromatic N) is 2. The maximum atomic E-state index is 12.2. The molecule has 0 unspecified atom stereocenters. The lowest BCUT2D eigenvalue weighted by Gasteiger charge is -2.32. The van der Waals surface area contributed by atoms with Gasteiger partial charge in [0, 0.05) is 32.2 Å². The maximum Gasteiger partial charge on any atom is 0.255 e. The molecule has 0 bridgehead atoms. The lowest BCUT2D eigenvalue weighted by atomic mass is 10.1. The van der Waals surface area contributed by atoms with Gasteiger partial charge in [-0.25, -0.2) is 12.7 Å². The summed E-state index contributed by atoms with van der Waals surface area (Å²) in [5.41, 5.74) is 0.233. The second-order valence-electron chi connectivity index (χ2n) is 7.17. The van der Waals surface area contributed by atoms with E-state index in [0.29, 0.717) is 45.1 Å². The molecule has 2 rings (SSSR count). The number of sulfonamides is 1. The third-order valence-electron chi connectivity index (χ3n) is 4.81. The number of guanidine groups is 1. The van der Waals surface area contributed by atoms with Crippen molar-refractivity contribution >= 4 is 21.9 Å². The highest BCUT2D eigenvalue weighted by atomic mass is 32.2. The molecule has 0 atom stereocenters. The molecular formula is C20H33N5O4S. The van der Waals surface area contributed by atoms with Crippen LogP contribution in [0.25, 0.3) is 0 Å². The number of aliphatic imine (C=N–C) groups is 1. The van der Waals surface area contributed by atoms with Crippen LogP contribution >= 0.6 is 0 Å². The van der Waals surface area contributed by atoms with E-state index in [9.17, 15) is 18.3 Å². The van der Waals surface area contributed by atoms with Crippen molar-refractivity contribution in [2.45, 2.75) is 39.2 Å². The molecule has 1 fully saturated rings. The van der Waals surface area contributed by atoms with Gasteiger partial charge in [-0.2, -0.15) is 0 Å². The largest absolute Gasteiger partial charge is 0.507 e. The Morgan fingerprint density at radius 2 is 1.90 bits per heavy atom. The minimum Gasteiger partial charge on any atom is -0.507 e. The number of piperidine rings is 1. The summed E-state index contributed by atoms with van der Waals surface area (Å²) in [5, 5.41) is 19.0. The Kier molecular flexibility index (Phi) is 9.38. The summed E-state index contributed by atoms with van der Waals surface area (Å²) in [6, 6.07) is 6.53. The number of benzene rings is 1. The first kappa shape index (κ1) is 23.9. The van der Waals surface area contributed by atoms with Gasteiger partial charge in [0.1, 0.15) is 5.75 Å². The van der Waals surface area contributed by atoms with E-state index in [-0.39, 0.29) is 29.0 Å². The van der Waals surface area contributed by atoms with E-state index < -0.39 is 10.0 Å². The molecular weight excluding hydrogens is 406 g/mol. The molecule has 0 radical (unpaired) electrons. The van der Waals surface area contributed by atoms with Gasteiger partial charge < -0.3 is 21.1 Å². The maximum absolute atomic E-state index is 12.2. The minimum absolute atomic E-state index is 0.0548. The molecule has 10 heteroatoms. The number of phenolic OH excluding ortho intramolecular Hbond substituents is 1. The molecule has 1 heterocycles. The van der Waals surface area contributed by atoms with Crippen LogP contribution < -0.4 is 16.0 Å². The molecule has 0 aliphatic carbocycles. The molecule has 9 nitrogen and oxygen atoms in total. The van der Waals surface area contributed by atoms with Gasteiger partial charge in [0.05, 0.1) is 17.9 Å². The number of carbonyl (C=O) groups excluding carboxylic acids is 1. The fourth-order valence-electron chi connectivity index (χ4n) is 3.28. The van der Waals surface area contributed by atoms with Gasteiger partial charge in [0.25, 0.3) is 5.91 Å². The molecule has 0 spiro atoms. The van der Waals surface area contributed by atoms with Crippen LogP contribution in [0.3, 0.4) is 0 Å². The van der Waals surface area contributed by atoms with Gasteiger partial charge in [0.2, 0.25) is 10.0 Å². The third-order valence-corrected chi connectivity index (χ3v) is 6.89. The zero-order chi connectivity index (χ0) is 22.0. The Morgan fingerprint density at radius 1 is 1.20 bits per heavy atom. The molecule has 4 N–H and O–H groups in total. The van der Waals surface area contributed by atoms with Crippen molar-refractivity contribution in [3.63, 3.8) is 0 Å². The van der Waals surface area contributed by atoms with Crippen LogP contribution in [0.15, 0.2) is 29.3 Å². The van der Waals surface area contributed by atoms with Crippen molar-refractivity contribution in [2.24, 2.45) is 4.99 Å². The number of hydrogen-bond acceptors (Lipinski definition) is 5. The molecule has 0 aromatic heterocycles.